The lowest BCUT2D eigenvalue weighted by atomic mass is 10.2. The molecule has 0 saturated heterocycles. The van der Waals surface area contributed by atoms with Crippen molar-refractivity contribution in [1.29, 1.82) is 0 Å². The average molecular weight is 346 g/mol. The highest BCUT2D eigenvalue weighted by molar-refractivity contribution is 7.89. The molecule has 0 fully saturated rings. The molecule has 2 heterocycles. The summed E-state index contributed by atoms with van der Waals surface area (Å²) in [5.41, 5.74) is -0.0295. The Bertz CT molecular complexity index is 1060. The predicted molar refractivity (Wildman–Crippen MR) is 86.4 cm³/mol. The van der Waals surface area contributed by atoms with Crippen molar-refractivity contribution in [3.8, 4) is 17.0 Å². The van der Waals surface area contributed by atoms with E-state index in [0.29, 0.717) is 0 Å². The molecule has 0 radical (unpaired) electrons. The van der Waals surface area contributed by atoms with Crippen molar-refractivity contribution in [2.24, 2.45) is 0 Å². The Hall–Kier alpha value is -2.87. The Morgan fingerprint density at radius 3 is 2.42 bits per heavy atom. The van der Waals surface area contributed by atoms with E-state index in [1.165, 1.54) is 37.4 Å². The third-order valence-electron chi connectivity index (χ3n) is 3.44. The van der Waals surface area contributed by atoms with Crippen LogP contribution in [0.5, 0.6) is 5.75 Å². The Morgan fingerprint density at radius 2 is 1.79 bits per heavy atom. The topological polar surface area (TPSA) is 102 Å². The van der Waals surface area contributed by atoms with Crippen LogP contribution in [-0.2, 0) is 10.0 Å². The maximum Gasteiger partial charge on any atom is 0.349 e. The quantitative estimate of drug-likeness (QED) is 0.779. The second-order valence-corrected chi connectivity index (χ2v) is 7.09. The molecule has 1 aromatic carbocycles. The zero-order valence-corrected chi connectivity index (χ0v) is 13.7. The van der Waals surface area contributed by atoms with Crippen LogP contribution in [0.25, 0.3) is 11.3 Å². The molecule has 0 atom stereocenters. The molecule has 124 valence electrons. The summed E-state index contributed by atoms with van der Waals surface area (Å²) in [6, 6.07) is 8.90. The number of aromatic nitrogens is 2. The van der Waals surface area contributed by atoms with Crippen molar-refractivity contribution in [3.05, 3.63) is 64.3 Å². The molecule has 2 aromatic heterocycles. The van der Waals surface area contributed by atoms with Gasteiger partial charge in [-0.15, -0.1) is 0 Å². The van der Waals surface area contributed by atoms with E-state index in [4.69, 9.17) is 4.42 Å². The van der Waals surface area contributed by atoms with Crippen LogP contribution in [0.3, 0.4) is 0 Å². The number of aromatic hydroxyl groups is 1. The lowest BCUT2D eigenvalue weighted by Gasteiger charge is -2.05. The summed E-state index contributed by atoms with van der Waals surface area (Å²) >= 11 is 0. The van der Waals surface area contributed by atoms with Crippen molar-refractivity contribution in [2.75, 3.05) is 0 Å². The molecule has 8 heteroatoms. The minimum atomic E-state index is -3.89. The number of nitrogens with zero attached hydrogens (tertiary/aromatic N) is 2. The van der Waals surface area contributed by atoms with Gasteiger partial charge in [-0.2, -0.15) is 17.6 Å². The van der Waals surface area contributed by atoms with E-state index in [1.807, 2.05) is 6.92 Å². The SMILES string of the molecule is Cc1ccc(S(=O)(=O)n2ccc(-c3c(O)cc(C)oc3=O)n2)cc1. The maximum absolute atomic E-state index is 12.6. The van der Waals surface area contributed by atoms with Crippen LogP contribution in [-0.4, -0.2) is 22.7 Å². The normalized spacial score (nSPS) is 11.6. The van der Waals surface area contributed by atoms with Gasteiger partial charge in [0.05, 0.1) is 4.90 Å². The smallest absolute Gasteiger partial charge is 0.349 e. The number of rotatable bonds is 3. The first-order valence-corrected chi connectivity index (χ1v) is 8.45. The summed E-state index contributed by atoms with van der Waals surface area (Å²) in [7, 11) is -3.89. The second kappa shape index (κ2) is 5.64. The van der Waals surface area contributed by atoms with E-state index in [0.717, 1.165) is 9.65 Å². The summed E-state index contributed by atoms with van der Waals surface area (Å²) in [4.78, 5) is 12.0. The van der Waals surface area contributed by atoms with Crippen molar-refractivity contribution in [2.45, 2.75) is 18.7 Å². The summed E-state index contributed by atoms with van der Waals surface area (Å²) in [6.07, 6.45) is 1.21. The number of hydrogen-bond acceptors (Lipinski definition) is 6. The van der Waals surface area contributed by atoms with Gasteiger partial charge in [0.15, 0.2) is 0 Å². The molecule has 0 spiro atoms. The first kappa shape index (κ1) is 16.0. The molecule has 24 heavy (non-hydrogen) atoms. The Kier molecular flexibility index (Phi) is 3.76. The second-order valence-electron chi connectivity index (χ2n) is 5.30. The summed E-state index contributed by atoms with van der Waals surface area (Å²) < 4.78 is 30.8. The van der Waals surface area contributed by atoms with Crippen molar-refractivity contribution < 1.29 is 17.9 Å². The van der Waals surface area contributed by atoms with Crippen molar-refractivity contribution in [1.82, 2.24) is 9.19 Å². The zero-order chi connectivity index (χ0) is 17.5. The van der Waals surface area contributed by atoms with Gasteiger partial charge in [-0.3, -0.25) is 0 Å². The molecule has 0 aliphatic heterocycles. The molecule has 1 N–H and O–H groups in total. The fraction of sp³-hybridized carbons (Fsp3) is 0.125. The van der Waals surface area contributed by atoms with Gasteiger partial charge in [-0.05, 0) is 32.0 Å². The number of aryl methyl sites for hydroxylation is 2. The number of benzene rings is 1. The fourth-order valence-electron chi connectivity index (χ4n) is 2.22. The van der Waals surface area contributed by atoms with Gasteiger partial charge >= 0.3 is 5.63 Å². The van der Waals surface area contributed by atoms with E-state index in [1.54, 1.807) is 12.1 Å². The lowest BCUT2D eigenvalue weighted by Crippen LogP contribution is -2.14. The van der Waals surface area contributed by atoms with Crippen LogP contribution >= 0.6 is 0 Å². The Balaban J connectivity index is 2.09. The summed E-state index contributed by atoms with van der Waals surface area (Å²) in [5, 5.41) is 13.8. The molecule has 3 aromatic rings. The monoisotopic (exact) mass is 346 g/mol. The molecular formula is C16H14N2O5S. The molecule has 0 unspecified atom stereocenters. The van der Waals surface area contributed by atoms with Gasteiger partial charge in [-0.1, -0.05) is 17.7 Å². The Labute approximate surface area is 137 Å². The van der Waals surface area contributed by atoms with E-state index in [9.17, 15) is 18.3 Å². The zero-order valence-electron chi connectivity index (χ0n) is 12.9. The van der Waals surface area contributed by atoms with E-state index in [-0.39, 0.29) is 27.7 Å². The third kappa shape index (κ3) is 2.71. The molecule has 0 aliphatic rings. The van der Waals surface area contributed by atoms with Gasteiger partial charge in [0.1, 0.15) is 22.8 Å². The molecular weight excluding hydrogens is 332 g/mol. The van der Waals surface area contributed by atoms with E-state index in [2.05, 4.69) is 5.10 Å². The molecule has 0 saturated carbocycles. The third-order valence-corrected chi connectivity index (χ3v) is 5.01. The minimum absolute atomic E-state index is 0.0111. The van der Waals surface area contributed by atoms with Crippen molar-refractivity contribution in [3.63, 3.8) is 0 Å². The summed E-state index contributed by atoms with van der Waals surface area (Å²) in [6.45, 7) is 3.37. The van der Waals surface area contributed by atoms with E-state index < -0.39 is 15.6 Å². The van der Waals surface area contributed by atoms with Crippen LogP contribution < -0.4 is 5.63 Å². The largest absolute Gasteiger partial charge is 0.507 e. The average Bonchev–Trinajstić information content (AvgIpc) is 2.97. The van der Waals surface area contributed by atoms with Gasteiger partial charge in [0.25, 0.3) is 10.0 Å². The van der Waals surface area contributed by atoms with Gasteiger partial charge < -0.3 is 9.52 Å². The van der Waals surface area contributed by atoms with Crippen molar-refractivity contribution >= 4 is 10.0 Å². The predicted octanol–water partition coefficient (Wildman–Crippen LogP) is 2.06. The van der Waals surface area contributed by atoms with Gasteiger partial charge in [0, 0.05) is 12.3 Å². The van der Waals surface area contributed by atoms with Gasteiger partial charge in [-0.25, -0.2) is 4.79 Å². The highest BCUT2D eigenvalue weighted by atomic mass is 32.2. The number of hydrogen-bond donors (Lipinski definition) is 1. The Morgan fingerprint density at radius 1 is 1.12 bits per heavy atom. The van der Waals surface area contributed by atoms with E-state index >= 15 is 0 Å². The summed E-state index contributed by atoms with van der Waals surface area (Å²) in [5.74, 6) is -0.0744. The standard InChI is InChI=1S/C16H14N2O5S/c1-10-3-5-12(6-4-10)24(21,22)18-8-7-13(17-18)15-14(19)9-11(2)23-16(15)20/h3-9,19H,1-2H3. The molecule has 0 aliphatic carbocycles. The van der Waals surface area contributed by atoms with Crippen LogP contribution in [0, 0.1) is 13.8 Å². The molecule has 0 amide bonds. The highest BCUT2D eigenvalue weighted by Gasteiger charge is 2.21. The molecule has 7 nitrogen and oxygen atoms in total. The maximum atomic E-state index is 12.6. The fourth-order valence-corrected chi connectivity index (χ4v) is 3.34. The van der Waals surface area contributed by atoms with Crippen LogP contribution in [0.15, 0.2) is 56.7 Å². The van der Waals surface area contributed by atoms with Crippen LogP contribution in [0.1, 0.15) is 11.3 Å². The van der Waals surface area contributed by atoms with Crippen LogP contribution in [0.4, 0.5) is 0 Å². The molecule has 0 bridgehead atoms. The minimum Gasteiger partial charge on any atom is -0.507 e. The van der Waals surface area contributed by atoms with Crippen LogP contribution in [0.2, 0.25) is 0 Å². The first-order valence-electron chi connectivity index (χ1n) is 7.01. The lowest BCUT2D eigenvalue weighted by molar-refractivity contribution is 0.438. The first-order chi connectivity index (χ1) is 11.3. The van der Waals surface area contributed by atoms with Gasteiger partial charge in [0.2, 0.25) is 0 Å². The molecule has 3 rings (SSSR count). The highest BCUT2D eigenvalue weighted by Crippen LogP contribution is 2.25.